The lowest BCUT2D eigenvalue weighted by molar-refractivity contribution is -0.136. The summed E-state index contributed by atoms with van der Waals surface area (Å²) in [6.07, 6.45) is 1.27. The topological polar surface area (TPSA) is 122 Å². The van der Waals surface area contributed by atoms with Crippen molar-refractivity contribution in [2.75, 3.05) is 12.4 Å². The van der Waals surface area contributed by atoms with Gasteiger partial charge in [0.25, 0.3) is 0 Å². The molecule has 1 aliphatic carbocycles. The average molecular weight is 513 g/mol. The minimum Gasteiger partial charge on any atom is -0.393 e. The number of pyridine rings is 1. The number of sulfonamides is 1. The molecule has 190 valence electrons. The van der Waals surface area contributed by atoms with Crippen molar-refractivity contribution in [1.29, 1.82) is 0 Å². The number of hydrogen-bond donors (Lipinski definition) is 3. The quantitative estimate of drug-likeness (QED) is 0.443. The van der Waals surface area contributed by atoms with Crippen LogP contribution in [-0.2, 0) is 10.0 Å². The fourth-order valence-electron chi connectivity index (χ4n) is 4.42. The van der Waals surface area contributed by atoms with Gasteiger partial charge in [0.05, 0.1) is 24.2 Å². The molecule has 0 aliphatic heterocycles. The molecule has 0 aromatic carbocycles. The zero-order valence-corrected chi connectivity index (χ0v) is 20.1. The van der Waals surface area contributed by atoms with Gasteiger partial charge in [0.1, 0.15) is 4.90 Å². The van der Waals surface area contributed by atoms with E-state index in [2.05, 4.69) is 25.1 Å². The van der Waals surface area contributed by atoms with Crippen LogP contribution >= 0.6 is 0 Å². The SMILES string of the molecule is CNS(=O)(=O)c1cncc(-c2cc([C@H]3CC[C@H](O)CC3)n3nc(N[C@@H](C)CC(F)(F)F)ncc23)c1. The number of nitrogens with zero attached hydrogens (tertiary/aromatic N) is 4. The largest absolute Gasteiger partial charge is 0.393 e. The Hall–Kier alpha value is -2.77. The van der Waals surface area contributed by atoms with Crippen LogP contribution in [0.3, 0.4) is 0 Å². The molecule has 3 aromatic rings. The minimum atomic E-state index is -4.32. The van der Waals surface area contributed by atoms with E-state index in [-0.39, 0.29) is 22.9 Å². The Bertz CT molecular complexity index is 1300. The van der Waals surface area contributed by atoms with Crippen molar-refractivity contribution >= 4 is 21.5 Å². The third-order valence-electron chi connectivity index (χ3n) is 6.18. The van der Waals surface area contributed by atoms with Crippen LogP contribution in [0.1, 0.15) is 50.6 Å². The van der Waals surface area contributed by atoms with E-state index in [4.69, 9.17) is 0 Å². The first kappa shape index (κ1) is 25.3. The lowest BCUT2D eigenvalue weighted by Crippen LogP contribution is -2.25. The maximum absolute atomic E-state index is 12.8. The highest BCUT2D eigenvalue weighted by Gasteiger charge is 2.31. The monoisotopic (exact) mass is 512 g/mol. The van der Waals surface area contributed by atoms with Crippen LogP contribution in [0.15, 0.2) is 35.6 Å². The van der Waals surface area contributed by atoms with Gasteiger partial charge in [0.2, 0.25) is 16.0 Å². The highest BCUT2D eigenvalue weighted by atomic mass is 32.2. The molecule has 35 heavy (non-hydrogen) atoms. The van der Waals surface area contributed by atoms with E-state index in [0.717, 1.165) is 18.5 Å². The Morgan fingerprint density at radius 1 is 1.17 bits per heavy atom. The molecule has 1 saturated carbocycles. The van der Waals surface area contributed by atoms with E-state index >= 15 is 0 Å². The van der Waals surface area contributed by atoms with Crippen LogP contribution in [-0.4, -0.2) is 58.5 Å². The molecule has 4 rings (SSSR count). The number of hydrogen-bond acceptors (Lipinski definition) is 7. The van der Waals surface area contributed by atoms with Gasteiger partial charge in [-0.1, -0.05) is 0 Å². The predicted molar refractivity (Wildman–Crippen MR) is 123 cm³/mol. The minimum absolute atomic E-state index is 0.000584. The van der Waals surface area contributed by atoms with Gasteiger partial charge in [-0.3, -0.25) is 4.98 Å². The summed E-state index contributed by atoms with van der Waals surface area (Å²) in [5, 5.41) is 17.1. The number of fused-ring (bicyclic) bond motifs is 1. The number of aliphatic hydroxyl groups is 1. The third-order valence-corrected chi connectivity index (χ3v) is 7.56. The molecule has 0 radical (unpaired) electrons. The van der Waals surface area contributed by atoms with E-state index < -0.39 is 28.7 Å². The van der Waals surface area contributed by atoms with Crippen LogP contribution < -0.4 is 10.0 Å². The van der Waals surface area contributed by atoms with Crippen LogP contribution in [0.4, 0.5) is 19.1 Å². The van der Waals surface area contributed by atoms with Gasteiger partial charge in [0, 0.05) is 41.2 Å². The lowest BCUT2D eigenvalue weighted by Gasteiger charge is -2.25. The number of nitrogens with one attached hydrogen (secondary N) is 2. The van der Waals surface area contributed by atoms with Crippen molar-refractivity contribution in [2.45, 2.75) is 68.2 Å². The molecule has 9 nitrogen and oxygen atoms in total. The zero-order chi connectivity index (χ0) is 25.4. The third kappa shape index (κ3) is 5.73. The van der Waals surface area contributed by atoms with Crippen LogP contribution in [0, 0.1) is 0 Å². The Balaban J connectivity index is 1.78. The molecule has 1 aliphatic rings. The maximum atomic E-state index is 12.8. The fourth-order valence-corrected chi connectivity index (χ4v) is 5.14. The summed E-state index contributed by atoms with van der Waals surface area (Å²) in [7, 11) is -2.40. The Morgan fingerprint density at radius 3 is 2.54 bits per heavy atom. The summed E-state index contributed by atoms with van der Waals surface area (Å²) in [6, 6.07) is 2.46. The Morgan fingerprint density at radius 2 is 1.89 bits per heavy atom. The lowest BCUT2D eigenvalue weighted by atomic mass is 9.85. The molecule has 1 fully saturated rings. The Kier molecular flexibility index (Phi) is 7.02. The molecule has 0 spiro atoms. The van der Waals surface area contributed by atoms with Crippen molar-refractivity contribution in [3.05, 3.63) is 36.4 Å². The summed E-state index contributed by atoms with van der Waals surface area (Å²) >= 11 is 0. The molecule has 0 unspecified atom stereocenters. The van der Waals surface area contributed by atoms with E-state index in [1.165, 1.54) is 38.6 Å². The molecule has 1 atom stereocenters. The van der Waals surface area contributed by atoms with Gasteiger partial charge in [-0.05, 0) is 51.8 Å². The van der Waals surface area contributed by atoms with Crippen molar-refractivity contribution in [1.82, 2.24) is 24.3 Å². The van der Waals surface area contributed by atoms with E-state index in [0.29, 0.717) is 29.5 Å². The summed E-state index contributed by atoms with van der Waals surface area (Å²) in [4.78, 5) is 8.30. The molecular formula is C22H27F3N6O3S. The standard InChI is InChI=1S/C22H27F3N6O3S/c1-13(9-22(23,24)25)29-21-28-12-20-18(15-7-17(11-27-10-15)35(33,34)26-2)8-19(31(20)30-21)14-3-5-16(32)6-4-14/h7-8,10-14,16,26,32H,3-6,9H2,1-2H3,(H,29,30)/t13-,14-,16-/m0/s1. The molecule has 3 N–H and O–H groups in total. The van der Waals surface area contributed by atoms with Crippen LogP contribution in [0.2, 0.25) is 0 Å². The smallest absolute Gasteiger partial charge is 0.391 e. The normalized spacial score (nSPS) is 20.2. The predicted octanol–water partition coefficient (Wildman–Crippen LogP) is 3.47. The maximum Gasteiger partial charge on any atom is 0.391 e. The van der Waals surface area contributed by atoms with Crippen molar-refractivity contribution in [3.8, 4) is 11.1 Å². The fraction of sp³-hybridized carbons (Fsp3) is 0.500. The van der Waals surface area contributed by atoms with E-state index in [1.54, 1.807) is 4.52 Å². The molecule has 3 aromatic heterocycles. The summed E-state index contributed by atoms with van der Waals surface area (Å²) in [5.41, 5.74) is 2.58. The first-order valence-electron chi connectivity index (χ1n) is 11.3. The summed E-state index contributed by atoms with van der Waals surface area (Å²) < 4.78 is 66.8. The number of halogens is 3. The number of aliphatic hydroxyl groups excluding tert-OH is 1. The number of anilines is 1. The second kappa shape index (κ2) is 9.70. The molecular weight excluding hydrogens is 485 g/mol. The first-order chi connectivity index (χ1) is 16.5. The first-order valence-corrected chi connectivity index (χ1v) is 12.7. The molecule has 0 amide bonds. The second-order valence-corrected chi connectivity index (χ2v) is 10.7. The van der Waals surface area contributed by atoms with Gasteiger partial charge in [0.15, 0.2) is 0 Å². The second-order valence-electron chi connectivity index (χ2n) is 8.85. The van der Waals surface area contributed by atoms with Crippen molar-refractivity contribution < 1.29 is 26.7 Å². The number of rotatable bonds is 7. The van der Waals surface area contributed by atoms with Crippen molar-refractivity contribution in [2.24, 2.45) is 0 Å². The summed E-state index contributed by atoms with van der Waals surface area (Å²) in [5.74, 6) is 0.116. The average Bonchev–Trinajstić information content (AvgIpc) is 3.17. The number of aromatic nitrogens is 4. The zero-order valence-electron chi connectivity index (χ0n) is 19.2. The van der Waals surface area contributed by atoms with Crippen LogP contribution in [0.5, 0.6) is 0 Å². The molecule has 0 saturated heterocycles. The van der Waals surface area contributed by atoms with Gasteiger partial charge in [-0.15, -0.1) is 5.10 Å². The van der Waals surface area contributed by atoms with Gasteiger partial charge in [-0.2, -0.15) is 13.2 Å². The molecule has 13 heteroatoms. The van der Waals surface area contributed by atoms with Crippen LogP contribution in [0.25, 0.3) is 16.6 Å². The highest BCUT2D eigenvalue weighted by molar-refractivity contribution is 7.89. The highest BCUT2D eigenvalue weighted by Crippen LogP contribution is 2.38. The Labute approximate surface area is 200 Å². The number of alkyl halides is 3. The van der Waals surface area contributed by atoms with Crippen molar-refractivity contribution in [3.63, 3.8) is 0 Å². The van der Waals surface area contributed by atoms with E-state index in [9.17, 15) is 26.7 Å². The van der Waals surface area contributed by atoms with Gasteiger partial charge < -0.3 is 10.4 Å². The molecule has 0 bridgehead atoms. The van der Waals surface area contributed by atoms with Gasteiger partial charge >= 0.3 is 6.18 Å². The summed E-state index contributed by atoms with van der Waals surface area (Å²) in [6.45, 7) is 1.41. The van der Waals surface area contributed by atoms with Gasteiger partial charge in [-0.25, -0.2) is 22.6 Å². The molecule has 3 heterocycles. The van der Waals surface area contributed by atoms with E-state index in [1.807, 2.05) is 6.07 Å².